The molecule has 1 heterocycles. The van der Waals surface area contributed by atoms with Crippen LogP contribution in [0.3, 0.4) is 0 Å². The molecule has 0 N–H and O–H groups in total. The Morgan fingerprint density at radius 1 is 1.21 bits per heavy atom. The van der Waals surface area contributed by atoms with E-state index in [1.54, 1.807) is 0 Å². The molecule has 1 aliphatic heterocycles. The molecule has 102 valence electrons. The lowest BCUT2D eigenvalue weighted by Gasteiger charge is -2.36. The van der Waals surface area contributed by atoms with Crippen molar-refractivity contribution >= 4 is 22.6 Å². The number of piperazine rings is 1. The maximum Gasteiger partial charge on any atom is 0.0976 e. The summed E-state index contributed by atoms with van der Waals surface area (Å²) in [7, 11) is 0. The van der Waals surface area contributed by atoms with Crippen LogP contribution in [0.2, 0.25) is 0 Å². The van der Waals surface area contributed by atoms with Crippen molar-refractivity contribution in [3.05, 3.63) is 33.4 Å². The van der Waals surface area contributed by atoms with E-state index in [4.69, 9.17) is 5.26 Å². The summed E-state index contributed by atoms with van der Waals surface area (Å²) in [5.41, 5.74) is 1.38. The molecule has 1 aromatic carbocycles. The summed E-state index contributed by atoms with van der Waals surface area (Å²) in [4.78, 5) is 4.78. The van der Waals surface area contributed by atoms with Gasteiger partial charge in [-0.3, -0.25) is 9.80 Å². The van der Waals surface area contributed by atoms with E-state index in [0.717, 1.165) is 39.1 Å². The molecule has 1 aliphatic rings. The zero-order valence-corrected chi connectivity index (χ0v) is 13.5. The van der Waals surface area contributed by atoms with Gasteiger partial charge in [-0.2, -0.15) is 5.26 Å². The Morgan fingerprint density at radius 3 is 2.37 bits per heavy atom. The summed E-state index contributed by atoms with van der Waals surface area (Å²) in [6, 6.07) is 11.2. The first-order valence-electron chi connectivity index (χ1n) is 6.83. The molecule has 0 aromatic heterocycles. The summed E-state index contributed by atoms with van der Waals surface area (Å²) in [5, 5.41) is 9.10. The van der Waals surface area contributed by atoms with Crippen LogP contribution in [0.15, 0.2) is 24.3 Å². The van der Waals surface area contributed by atoms with Crippen molar-refractivity contribution in [3.8, 4) is 6.07 Å². The number of benzene rings is 1. The van der Waals surface area contributed by atoms with E-state index in [0.29, 0.717) is 0 Å². The van der Waals surface area contributed by atoms with E-state index < -0.39 is 0 Å². The SMILES string of the molecule is CCC(C#N)N1CCN(Cc2ccc(I)cc2)CC1. The first-order valence-corrected chi connectivity index (χ1v) is 7.91. The molecule has 3 nitrogen and oxygen atoms in total. The second-order valence-corrected chi connectivity index (χ2v) is 6.24. The second kappa shape index (κ2) is 7.22. The lowest BCUT2D eigenvalue weighted by Crippen LogP contribution is -2.49. The molecule has 19 heavy (non-hydrogen) atoms. The van der Waals surface area contributed by atoms with E-state index in [9.17, 15) is 0 Å². The van der Waals surface area contributed by atoms with Gasteiger partial charge >= 0.3 is 0 Å². The molecule has 1 unspecified atom stereocenters. The fourth-order valence-corrected chi connectivity index (χ4v) is 2.87. The Labute approximate surface area is 129 Å². The predicted molar refractivity (Wildman–Crippen MR) is 85.7 cm³/mol. The lowest BCUT2D eigenvalue weighted by atomic mass is 10.1. The van der Waals surface area contributed by atoms with Crippen LogP contribution in [0.5, 0.6) is 0 Å². The monoisotopic (exact) mass is 369 g/mol. The van der Waals surface area contributed by atoms with Gasteiger partial charge in [0.05, 0.1) is 12.1 Å². The van der Waals surface area contributed by atoms with Crippen LogP contribution in [-0.4, -0.2) is 42.0 Å². The predicted octanol–water partition coefficient (Wildman–Crippen LogP) is 2.71. The fourth-order valence-electron chi connectivity index (χ4n) is 2.51. The van der Waals surface area contributed by atoms with Crippen LogP contribution in [0.1, 0.15) is 18.9 Å². The molecular formula is C15H20IN3. The van der Waals surface area contributed by atoms with Crippen LogP contribution in [0.25, 0.3) is 0 Å². The van der Waals surface area contributed by atoms with Crippen molar-refractivity contribution in [1.82, 2.24) is 9.80 Å². The molecule has 0 radical (unpaired) electrons. The van der Waals surface area contributed by atoms with E-state index in [-0.39, 0.29) is 6.04 Å². The van der Waals surface area contributed by atoms with Crippen molar-refractivity contribution in [2.45, 2.75) is 25.9 Å². The molecule has 0 amide bonds. The van der Waals surface area contributed by atoms with Gasteiger partial charge in [-0.25, -0.2) is 0 Å². The van der Waals surface area contributed by atoms with Gasteiger partial charge in [0.15, 0.2) is 0 Å². The number of nitrogens with zero attached hydrogens (tertiary/aromatic N) is 3. The molecule has 1 fully saturated rings. The van der Waals surface area contributed by atoms with Gasteiger partial charge in [0.25, 0.3) is 0 Å². The third kappa shape index (κ3) is 4.16. The van der Waals surface area contributed by atoms with Crippen molar-refractivity contribution in [3.63, 3.8) is 0 Å². The zero-order chi connectivity index (χ0) is 13.7. The van der Waals surface area contributed by atoms with Gasteiger partial charge in [0.1, 0.15) is 0 Å². The molecule has 1 aromatic rings. The van der Waals surface area contributed by atoms with E-state index in [2.05, 4.69) is 69.6 Å². The van der Waals surface area contributed by atoms with Crippen molar-refractivity contribution in [2.75, 3.05) is 26.2 Å². The first kappa shape index (κ1) is 14.8. The average Bonchev–Trinajstić information content (AvgIpc) is 2.44. The Balaban J connectivity index is 1.83. The number of halogens is 1. The summed E-state index contributed by atoms with van der Waals surface area (Å²) in [5.74, 6) is 0. The van der Waals surface area contributed by atoms with Gasteiger partial charge in [0, 0.05) is 36.3 Å². The normalized spacial score (nSPS) is 19.0. The maximum absolute atomic E-state index is 9.10. The zero-order valence-electron chi connectivity index (χ0n) is 11.3. The molecule has 1 saturated heterocycles. The molecule has 2 rings (SSSR count). The fraction of sp³-hybridized carbons (Fsp3) is 0.533. The van der Waals surface area contributed by atoms with Crippen LogP contribution < -0.4 is 0 Å². The van der Waals surface area contributed by atoms with Crippen molar-refractivity contribution in [1.29, 1.82) is 5.26 Å². The maximum atomic E-state index is 9.10. The van der Waals surface area contributed by atoms with Crippen molar-refractivity contribution in [2.24, 2.45) is 0 Å². The first-order chi connectivity index (χ1) is 9.22. The standard InChI is InChI=1S/C15H20IN3/c1-2-15(11-17)19-9-7-18(8-10-19)12-13-3-5-14(16)6-4-13/h3-6,15H,2,7-10,12H2,1H3. The molecule has 0 bridgehead atoms. The van der Waals surface area contributed by atoms with Gasteiger partial charge in [0.2, 0.25) is 0 Å². The molecule has 4 heteroatoms. The molecule has 0 spiro atoms. The van der Waals surface area contributed by atoms with Crippen LogP contribution in [-0.2, 0) is 6.54 Å². The number of rotatable bonds is 4. The number of hydrogen-bond acceptors (Lipinski definition) is 3. The van der Waals surface area contributed by atoms with Crippen LogP contribution in [0, 0.1) is 14.9 Å². The Morgan fingerprint density at radius 2 is 1.84 bits per heavy atom. The summed E-state index contributed by atoms with van der Waals surface area (Å²) in [6.45, 7) is 7.25. The second-order valence-electron chi connectivity index (χ2n) is 4.99. The third-order valence-electron chi connectivity index (χ3n) is 3.70. The minimum absolute atomic E-state index is 0.0976. The average molecular weight is 369 g/mol. The van der Waals surface area contributed by atoms with Crippen LogP contribution in [0.4, 0.5) is 0 Å². The quantitative estimate of drug-likeness (QED) is 0.765. The minimum Gasteiger partial charge on any atom is -0.297 e. The highest BCUT2D eigenvalue weighted by Gasteiger charge is 2.22. The minimum atomic E-state index is 0.0976. The van der Waals surface area contributed by atoms with Gasteiger partial charge < -0.3 is 0 Å². The molecule has 1 atom stereocenters. The smallest absolute Gasteiger partial charge is 0.0976 e. The van der Waals surface area contributed by atoms with Gasteiger partial charge in [-0.05, 0) is 46.7 Å². The number of nitriles is 1. The Kier molecular flexibility index (Phi) is 5.61. The Bertz CT molecular complexity index is 430. The molecular weight excluding hydrogens is 349 g/mol. The molecule has 0 aliphatic carbocycles. The highest BCUT2D eigenvalue weighted by Crippen LogP contribution is 2.13. The summed E-state index contributed by atoms with van der Waals surface area (Å²) >= 11 is 2.33. The third-order valence-corrected chi connectivity index (χ3v) is 4.42. The highest BCUT2D eigenvalue weighted by atomic mass is 127. The van der Waals surface area contributed by atoms with E-state index in [1.807, 2.05) is 0 Å². The lowest BCUT2D eigenvalue weighted by molar-refractivity contribution is 0.108. The highest BCUT2D eigenvalue weighted by molar-refractivity contribution is 14.1. The van der Waals surface area contributed by atoms with E-state index >= 15 is 0 Å². The van der Waals surface area contributed by atoms with E-state index in [1.165, 1.54) is 9.13 Å². The molecule has 0 saturated carbocycles. The topological polar surface area (TPSA) is 30.3 Å². The van der Waals surface area contributed by atoms with Gasteiger partial charge in [-0.15, -0.1) is 0 Å². The Hall–Kier alpha value is -0.640. The largest absolute Gasteiger partial charge is 0.297 e. The summed E-state index contributed by atoms with van der Waals surface area (Å²) in [6.07, 6.45) is 0.924. The van der Waals surface area contributed by atoms with Crippen LogP contribution >= 0.6 is 22.6 Å². The van der Waals surface area contributed by atoms with Gasteiger partial charge in [-0.1, -0.05) is 19.1 Å². The summed E-state index contributed by atoms with van der Waals surface area (Å²) < 4.78 is 1.28. The number of hydrogen-bond donors (Lipinski definition) is 0. The van der Waals surface area contributed by atoms with Crippen molar-refractivity contribution < 1.29 is 0 Å².